The van der Waals surface area contributed by atoms with Crippen molar-refractivity contribution < 1.29 is 9.13 Å². The van der Waals surface area contributed by atoms with Crippen LogP contribution in [0.25, 0.3) is 0 Å². The fourth-order valence-electron chi connectivity index (χ4n) is 1.81. The molecule has 2 aromatic carbocycles. The van der Waals surface area contributed by atoms with Crippen LogP contribution in [0.1, 0.15) is 25.0 Å². The molecule has 0 amide bonds. The van der Waals surface area contributed by atoms with Gasteiger partial charge in [0.05, 0.1) is 4.47 Å². The van der Waals surface area contributed by atoms with E-state index in [-0.39, 0.29) is 5.82 Å². The van der Waals surface area contributed by atoms with Crippen LogP contribution < -0.4 is 10.1 Å². The van der Waals surface area contributed by atoms with Gasteiger partial charge in [-0.2, -0.15) is 0 Å². The van der Waals surface area contributed by atoms with Crippen molar-refractivity contribution in [1.29, 1.82) is 0 Å². The maximum absolute atomic E-state index is 13.4. The van der Waals surface area contributed by atoms with E-state index in [1.807, 2.05) is 12.1 Å². The van der Waals surface area contributed by atoms with Gasteiger partial charge in [0.25, 0.3) is 0 Å². The molecule has 0 saturated carbocycles. The summed E-state index contributed by atoms with van der Waals surface area (Å²) >= 11 is 3.12. The van der Waals surface area contributed by atoms with E-state index in [4.69, 9.17) is 4.74 Å². The number of halogens is 2. The second-order valence-corrected chi connectivity index (χ2v) is 6.07. The lowest BCUT2D eigenvalue weighted by atomic mass is 10.1. The molecule has 0 atom stereocenters. The van der Waals surface area contributed by atoms with E-state index in [9.17, 15) is 4.39 Å². The molecule has 0 aliphatic rings. The second-order valence-electron chi connectivity index (χ2n) is 5.22. The van der Waals surface area contributed by atoms with Gasteiger partial charge in [0.2, 0.25) is 0 Å². The Morgan fingerprint density at radius 2 is 1.76 bits per heavy atom. The van der Waals surface area contributed by atoms with Gasteiger partial charge < -0.3 is 10.1 Å². The van der Waals surface area contributed by atoms with Crippen molar-refractivity contribution >= 4 is 15.9 Å². The Kier molecular flexibility index (Phi) is 5.76. The summed E-state index contributed by atoms with van der Waals surface area (Å²) < 4.78 is 19.4. The zero-order valence-corrected chi connectivity index (χ0v) is 13.8. The Morgan fingerprint density at radius 1 is 1.10 bits per heavy atom. The summed E-state index contributed by atoms with van der Waals surface area (Å²) in [6.07, 6.45) is 0. The first-order valence-electron chi connectivity index (χ1n) is 6.93. The third kappa shape index (κ3) is 5.14. The summed E-state index contributed by atoms with van der Waals surface area (Å²) in [5, 5.41) is 3.37. The molecule has 0 aliphatic carbocycles. The van der Waals surface area contributed by atoms with Crippen LogP contribution in [0.5, 0.6) is 5.75 Å². The molecule has 0 aromatic heterocycles. The molecule has 2 rings (SSSR count). The summed E-state index contributed by atoms with van der Waals surface area (Å²) in [4.78, 5) is 0. The third-order valence-corrected chi connectivity index (χ3v) is 3.68. The molecule has 112 valence electrons. The Balaban J connectivity index is 1.89. The van der Waals surface area contributed by atoms with Crippen LogP contribution in [0.15, 0.2) is 46.9 Å². The second kappa shape index (κ2) is 7.57. The molecule has 0 spiro atoms. The van der Waals surface area contributed by atoms with Crippen LogP contribution in [0, 0.1) is 5.82 Å². The quantitative estimate of drug-likeness (QED) is 0.816. The van der Waals surface area contributed by atoms with E-state index < -0.39 is 0 Å². The highest BCUT2D eigenvalue weighted by Crippen LogP contribution is 2.21. The van der Waals surface area contributed by atoms with Crippen molar-refractivity contribution in [1.82, 2.24) is 5.32 Å². The van der Waals surface area contributed by atoms with E-state index in [1.54, 1.807) is 12.1 Å². The van der Waals surface area contributed by atoms with Gasteiger partial charge in [-0.3, -0.25) is 0 Å². The van der Waals surface area contributed by atoms with Crippen LogP contribution in [0.2, 0.25) is 0 Å². The molecular weight excluding hydrogens is 333 g/mol. The first-order chi connectivity index (χ1) is 10.0. The average Bonchev–Trinajstić information content (AvgIpc) is 2.47. The fourth-order valence-corrected chi connectivity index (χ4v) is 2.06. The molecule has 0 heterocycles. The topological polar surface area (TPSA) is 21.3 Å². The van der Waals surface area contributed by atoms with Gasteiger partial charge in [-0.25, -0.2) is 4.39 Å². The number of hydrogen-bond donors (Lipinski definition) is 1. The summed E-state index contributed by atoms with van der Waals surface area (Å²) in [5.74, 6) is 0.212. The minimum absolute atomic E-state index is 0.317. The maximum atomic E-state index is 13.4. The highest BCUT2D eigenvalue weighted by atomic mass is 79.9. The molecule has 21 heavy (non-hydrogen) atoms. The molecular formula is C17H19BrFNO. The smallest absolute Gasteiger partial charge is 0.141 e. The third-order valence-electron chi connectivity index (χ3n) is 3.03. The van der Waals surface area contributed by atoms with Crippen LogP contribution >= 0.6 is 15.9 Å². The highest BCUT2D eigenvalue weighted by Gasteiger charge is 2.02. The van der Waals surface area contributed by atoms with Crippen molar-refractivity contribution in [2.75, 3.05) is 0 Å². The molecule has 4 heteroatoms. The van der Waals surface area contributed by atoms with E-state index in [1.165, 1.54) is 11.6 Å². The molecule has 0 unspecified atom stereocenters. The summed E-state index contributed by atoms with van der Waals surface area (Å²) in [7, 11) is 0. The van der Waals surface area contributed by atoms with Crippen LogP contribution in [-0.2, 0) is 13.2 Å². The first kappa shape index (κ1) is 16.0. The zero-order valence-electron chi connectivity index (χ0n) is 12.2. The lowest BCUT2D eigenvalue weighted by Gasteiger charge is -2.10. The van der Waals surface area contributed by atoms with Crippen molar-refractivity contribution in [3.8, 4) is 5.75 Å². The Labute approximate surface area is 133 Å². The van der Waals surface area contributed by atoms with E-state index in [2.05, 4.69) is 47.2 Å². The van der Waals surface area contributed by atoms with E-state index in [0.29, 0.717) is 22.9 Å². The predicted octanol–water partition coefficient (Wildman–Crippen LogP) is 4.67. The van der Waals surface area contributed by atoms with Crippen molar-refractivity contribution in [3.05, 3.63) is 63.9 Å². The SMILES string of the molecule is CC(C)NCc1ccc(COc2ccc(Br)c(F)c2)cc1. The number of benzene rings is 2. The molecule has 0 aliphatic heterocycles. The van der Waals surface area contributed by atoms with Gasteiger partial charge in [-0.1, -0.05) is 38.1 Å². The van der Waals surface area contributed by atoms with E-state index in [0.717, 1.165) is 12.1 Å². The zero-order chi connectivity index (χ0) is 15.2. The predicted molar refractivity (Wildman–Crippen MR) is 86.8 cm³/mol. The standard InChI is InChI=1S/C17H19BrFNO/c1-12(2)20-10-13-3-5-14(6-4-13)11-21-15-7-8-16(18)17(19)9-15/h3-9,12,20H,10-11H2,1-2H3. The molecule has 0 radical (unpaired) electrons. The van der Waals surface area contributed by atoms with Gasteiger partial charge in [0.1, 0.15) is 18.2 Å². The number of hydrogen-bond acceptors (Lipinski definition) is 2. The van der Waals surface area contributed by atoms with Crippen molar-refractivity contribution in [2.24, 2.45) is 0 Å². The Bertz CT molecular complexity index is 584. The summed E-state index contributed by atoms with van der Waals surface area (Å²) in [6.45, 7) is 5.54. The number of rotatable bonds is 6. The summed E-state index contributed by atoms with van der Waals surface area (Å²) in [5.41, 5.74) is 2.30. The fraction of sp³-hybridized carbons (Fsp3) is 0.294. The van der Waals surface area contributed by atoms with Crippen LogP contribution in [-0.4, -0.2) is 6.04 Å². The van der Waals surface area contributed by atoms with Gasteiger partial charge in [-0.05, 0) is 39.2 Å². The molecule has 1 N–H and O–H groups in total. The molecule has 0 saturated heterocycles. The number of ether oxygens (including phenoxy) is 1. The molecule has 0 bridgehead atoms. The Hall–Kier alpha value is -1.39. The van der Waals surface area contributed by atoms with Crippen LogP contribution in [0.3, 0.4) is 0 Å². The molecule has 0 fully saturated rings. The first-order valence-corrected chi connectivity index (χ1v) is 7.73. The van der Waals surface area contributed by atoms with Gasteiger partial charge in [-0.15, -0.1) is 0 Å². The van der Waals surface area contributed by atoms with E-state index >= 15 is 0 Å². The van der Waals surface area contributed by atoms with Gasteiger partial charge >= 0.3 is 0 Å². The van der Waals surface area contributed by atoms with Gasteiger partial charge in [0, 0.05) is 18.7 Å². The van der Waals surface area contributed by atoms with Crippen molar-refractivity contribution in [3.63, 3.8) is 0 Å². The largest absolute Gasteiger partial charge is 0.489 e. The van der Waals surface area contributed by atoms with Crippen LogP contribution in [0.4, 0.5) is 4.39 Å². The average molecular weight is 352 g/mol. The number of nitrogens with one attached hydrogen (secondary N) is 1. The minimum atomic E-state index is -0.317. The van der Waals surface area contributed by atoms with Gasteiger partial charge in [0.15, 0.2) is 0 Å². The lowest BCUT2D eigenvalue weighted by molar-refractivity contribution is 0.304. The minimum Gasteiger partial charge on any atom is -0.489 e. The summed E-state index contributed by atoms with van der Waals surface area (Å²) in [6, 6.07) is 13.5. The monoisotopic (exact) mass is 351 g/mol. The van der Waals surface area contributed by atoms with Crippen molar-refractivity contribution in [2.45, 2.75) is 33.0 Å². The normalized spacial score (nSPS) is 10.9. The maximum Gasteiger partial charge on any atom is 0.141 e. The lowest BCUT2D eigenvalue weighted by Crippen LogP contribution is -2.21. The molecule has 2 aromatic rings. The molecule has 2 nitrogen and oxygen atoms in total. The highest BCUT2D eigenvalue weighted by molar-refractivity contribution is 9.10. The Morgan fingerprint density at radius 3 is 2.38 bits per heavy atom.